The van der Waals surface area contributed by atoms with Crippen molar-refractivity contribution in [1.82, 2.24) is 5.16 Å². The van der Waals surface area contributed by atoms with E-state index < -0.39 is 0 Å². The Morgan fingerprint density at radius 1 is 1.32 bits per heavy atom. The minimum absolute atomic E-state index is 0.0595. The maximum Gasteiger partial charge on any atom is 0.231 e. The molecule has 0 aliphatic carbocycles. The predicted molar refractivity (Wildman–Crippen MR) is 76.4 cm³/mol. The van der Waals surface area contributed by atoms with Crippen molar-refractivity contribution >= 4 is 23.6 Å². The Kier molecular flexibility index (Phi) is 4.63. The number of nitrogens with one attached hydrogen (secondary N) is 1. The molecule has 0 bridgehead atoms. The van der Waals surface area contributed by atoms with E-state index in [9.17, 15) is 4.79 Å². The molecule has 0 saturated carbocycles. The number of hydrogen-bond acceptors (Lipinski definition) is 4. The topological polar surface area (TPSA) is 55.1 Å². The molecule has 0 saturated heterocycles. The number of anilines is 1. The van der Waals surface area contributed by atoms with Gasteiger partial charge < -0.3 is 4.52 Å². The molecule has 0 radical (unpaired) electrons. The van der Waals surface area contributed by atoms with E-state index in [4.69, 9.17) is 4.52 Å². The van der Waals surface area contributed by atoms with Crippen molar-refractivity contribution in [2.75, 3.05) is 11.1 Å². The van der Waals surface area contributed by atoms with E-state index in [1.807, 2.05) is 6.92 Å². The van der Waals surface area contributed by atoms with Crippen molar-refractivity contribution in [1.29, 1.82) is 0 Å². The van der Waals surface area contributed by atoms with E-state index in [2.05, 4.69) is 41.7 Å². The Bertz CT molecular complexity index is 549. The third-order valence-corrected chi connectivity index (χ3v) is 3.52. The molecule has 4 nitrogen and oxygen atoms in total. The molecule has 0 unspecified atom stereocenters. The third-order valence-electron chi connectivity index (χ3n) is 2.51. The van der Waals surface area contributed by atoms with Gasteiger partial charge in [0.2, 0.25) is 11.8 Å². The van der Waals surface area contributed by atoms with Gasteiger partial charge in [-0.25, -0.2) is 0 Å². The van der Waals surface area contributed by atoms with E-state index >= 15 is 0 Å². The summed E-state index contributed by atoms with van der Waals surface area (Å²) in [6.45, 7) is 3.87. The summed E-state index contributed by atoms with van der Waals surface area (Å²) < 4.78 is 4.92. The maximum atomic E-state index is 11.7. The summed E-state index contributed by atoms with van der Waals surface area (Å²) in [5.74, 6) is 1.08. The van der Waals surface area contributed by atoms with Crippen molar-refractivity contribution in [3.05, 3.63) is 41.6 Å². The maximum absolute atomic E-state index is 11.7. The Labute approximate surface area is 116 Å². The SMILES string of the molecule is Cc1ccc(SCCC(=O)Nc2cc(C)no2)cc1. The van der Waals surface area contributed by atoms with Crippen molar-refractivity contribution in [2.45, 2.75) is 25.2 Å². The van der Waals surface area contributed by atoms with Gasteiger partial charge in [0.25, 0.3) is 0 Å². The van der Waals surface area contributed by atoms with Crippen molar-refractivity contribution in [3.8, 4) is 0 Å². The van der Waals surface area contributed by atoms with Crippen LogP contribution in [0.4, 0.5) is 5.88 Å². The quantitative estimate of drug-likeness (QED) is 0.850. The van der Waals surface area contributed by atoms with Gasteiger partial charge in [-0.2, -0.15) is 0 Å². The predicted octanol–water partition coefficient (Wildman–Crippen LogP) is 3.41. The summed E-state index contributed by atoms with van der Waals surface area (Å²) in [5.41, 5.74) is 1.99. The van der Waals surface area contributed by atoms with Crippen LogP contribution in [0.3, 0.4) is 0 Å². The van der Waals surface area contributed by atoms with Gasteiger partial charge in [0, 0.05) is 23.1 Å². The molecular weight excluding hydrogens is 260 g/mol. The van der Waals surface area contributed by atoms with Crippen LogP contribution in [0.5, 0.6) is 0 Å². The van der Waals surface area contributed by atoms with Crippen molar-refractivity contribution in [2.24, 2.45) is 0 Å². The number of carbonyl (C=O) groups excluding carboxylic acids is 1. The number of carbonyl (C=O) groups is 1. The van der Waals surface area contributed by atoms with Crippen LogP contribution >= 0.6 is 11.8 Å². The first-order valence-electron chi connectivity index (χ1n) is 6.06. The molecule has 2 aromatic rings. The van der Waals surface area contributed by atoms with Gasteiger partial charge in [-0.3, -0.25) is 10.1 Å². The zero-order valence-corrected chi connectivity index (χ0v) is 11.8. The summed E-state index contributed by atoms with van der Waals surface area (Å²) in [5, 5.41) is 6.39. The second-order valence-electron chi connectivity index (χ2n) is 4.29. The fourth-order valence-electron chi connectivity index (χ4n) is 1.52. The van der Waals surface area contributed by atoms with Gasteiger partial charge in [-0.1, -0.05) is 22.9 Å². The van der Waals surface area contributed by atoms with Crippen LogP contribution in [0.15, 0.2) is 39.8 Å². The van der Waals surface area contributed by atoms with Gasteiger partial charge in [0.15, 0.2) is 0 Å². The van der Waals surface area contributed by atoms with Crippen molar-refractivity contribution < 1.29 is 9.32 Å². The van der Waals surface area contributed by atoms with Crippen molar-refractivity contribution in [3.63, 3.8) is 0 Å². The molecule has 0 aliphatic rings. The number of nitrogens with zero attached hydrogens (tertiary/aromatic N) is 1. The number of aromatic nitrogens is 1. The molecule has 1 aromatic carbocycles. The summed E-state index contributed by atoms with van der Waals surface area (Å²) in [7, 11) is 0. The standard InChI is InChI=1S/C14H16N2O2S/c1-10-3-5-12(6-4-10)19-8-7-13(17)15-14-9-11(2)16-18-14/h3-6,9H,7-8H2,1-2H3,(H,15,17). The number of thioether (sulfide) groups is 1. The van der Waals surface area contributed by atoms with Gasteiger partial charge in [-0.05, 0) is 26.0 Å². The lowest BCUT2D eigenvalue weighted by Crippen LogP contribution is -2.11. The fraction of sp³-hybridized carbons (Fsp3) is 0.286. The molecule has 1 N–H and O–H groups in total. The van der Waals surface area contributed by atoms with Crippen LogP contribution in [-0.2, 0) is 4.79 Å². The monoisotopic (exact) mass is 276 g/mol. The number of benzene rings is 1. The first-order valence-corrected chi connectivity index (χ1v) is 7.05. The molecule has 0 aliphatic heterocycles. The summed E-state index contributed by atoms with van der Waals surface area (Å²) in [4.78, 5) is 12.8. The van der Waals surface area contributed by atoms with Crippen LogP contribution < -0.4 is 5.32 Å². The molecule has 5 heteroatoms. The summed E-state index contributed by atoms with van der Waals surface area (Å²) >= 11 is 1.67. The lowest BCUT2D eigenvalue weighted by Gasteiger charge is -2.02. The Morgan fingerprint density at radius 2 is 2.05 bits per heavy atom. The van der Waals surface area contributed by atoms with E-state index in [1.165, 1.54) is 10.5 Å². The zero-order chi connectivity index (χ0) is 13.7. The minimum Gasteiger partial charge on any atom is -0.338 e. The molecule has 1 amide bonds. The molecular formula is C14H16N2O2S. The van der Waals surface area contributed by atoms with Gasteiger partial charge in [-0.15, -0.1) is 11.8 Å². The van der Waals surface area contributed by atoms with Crippen LogP contribution in [0.2, 0.25) is 0 Å². The molecule has 1 aromatic heterocycles. The normalized spacial score (nSPS) is 10.4. The number of amides is 1. The van der Waals surface area contributed by atoms with Crippen LogP contribution in [0, 0.1) is 13.8 Å². The average Bonchev–Trinajstić information content (AvgIpc) is 2.77. The summed E-state index contributed by atoms with van der Waals surface area (Å²) in [6, 6.07) is 9.97. The number of aryl methyl sites for hydroxylation is 2. The molecule has 1 heterocycles. The average molecular weight is 276 g/mol. The lowest BCUT2D eigenvalue weighted by atomic mass is 10.2. The van der Waals surface area contributed by atoms with E-state index in [0.717, 1.165) is 11.4 Å². The molecule has 0 spiro atoms. The second-order valence-corrected chi connectivity index (χ2v) is 5.46. The minimum atomic E-state index is -0.0595. The molecule has 0 atom stereocenters. The molecule has 0 fully saturated rings. The molecule has 19 heavy (non-hydrogen) atoms. The highest BCUT2D eigenvalue weighted by atomic mass is 32.2. The second kappa shape index (κ2) is 6.43. The van der Waals surface area contributed by atoms with E-state index in [0.29, 0.717) is 12.3 Å². The molecule has 100 valence electrons. The zero-order valence-electron chi connectivity index (χ0n) is 11.0. The van der Waals surface area contributed by atoms with E-state index in [1.54, 1.807) is 17.8 Å². The van der Waals surface area contributed by atoms with Crippen LogP contribution in [0.25, 0.3) is 0 Å². The number of hydrogen-bond donors (Lipinski definition) is 1. The first-order chi connectivity index (χ1) is 9.13. The number of rotatable bonds is 5. The highest BCUT2D eigenvalue weighted by molar-refractivity contribution is 7.99. The smallest absolute Gasteiger partial charge is 0.231 e. The highest BCUT2D eigenvalue weighted by Crippen LogP contribution is 2.19. The Morgan fingerprint density at radius 3 is 2.68 bits per heavy atom. The summed E-state index contributed by atoms with van der Waals surface area (Å²) in [6.07, 6.45) is 0.443. The highest BCUT2D eigenvalue weighted by Gasteiger charge is 2.06. The van der Waals surface area contributed by atoms with Gasteiger partial charge >= 0.3 is 0 Å². The Hall–Kier alpha value is -1.75. The van der Waals surface area contributed by atoms with E-state index in [-0.39, 0.29) is 5.91 Å². The Balaban J connectivity index is 1.73. The fourth-order valence-corrected chi connectivity index (χ4v) is 2.37. The lowest BCUT2D eigenvalue weighted by molar-refractivity contribution is -0.115. The van der Waals surface area contributed by atoms with Gasteiger partial charge in [0.05, 0.1) is 5.69 Å². The first kappa shape index (κ1) is 13.7. The van der Waals surface area contributed by atoms with Crippen LogP contribution in [0.1, 0.15) is 17.7 Å². The van der Waals surface area contributed by atoms with Gasteiger partial charge in [0.1, 0.15) is 0 Å². The van der Waals surface area contributed by atoms with Crippen LogP contribution in [-0.4, -0.2) is 16.8 Å². The molecule has 2 rings (SSSR count). The third kappa shape index (κ3) is 4.44. The largest absolute Gasteiger partial charge is 0.338 e.